The number of amides is 1. The quantitative estimate of drug-likeness (QED) is 0.807. The predicted octanol–water partition coefficient (Wildman–Crippen LogP) is 1.12. The number of likely N-dealkylation sites (tertiary alicyclic amines) is 1. The number of carbonyl (C=O) groups is 1. The van der Waals surface area contributed by atoms with Gasteiger partial charge in [-0.3, -0.25) is 4.79 Å². The van der Waals surface area contributed by atoms with Gasteiger partial charge in [-0.25, -0.2) is 8.42 Å². The molecule has 0 spiro atoms. The Bertz CT molecular complexity index is 684. The standard InChI is InChI=1S/C16H24N4O3S/c1-2-20(13-8-11-24(22,23)12-13)15-7-6-14(17-18-15)16(21)19-9-4-3-5-10-19/h6-7,13H,2-5,8-12H2,1H3. The normalized spacial score (nSPS) is 23.2. The van der Waals surface area contributed by atoms with Gasteiger partial charge < -0.3 is 9.80 Å². The van der Waals surface area contributed by atoms with Crippen LogP contribution in [0.1, 0.15) is 43.1 Å². The van der Waals surface area contributed by atoms with Crippen molar-refractivity contribution in [1.82, 2.24) is 15.1 Å². The zero-order valence-corrected chi connectivity index (χ0v) is 14.8. The van der Waals surface area contributed by atoms with Gasteiger partial charge in [0.2, 0.25) is 0 Å². The summed E-state index contributed by atoms with van der Waals surface area (Å²) in [5.41, 5.74) is 0.357. The second-order valence-corrected chi connectivity index (χ2v) is 8.70. The first-order chi connectivity index (χ1) is 11.5. The van der Waals surface area contributed by atoms with E-state index in [4.69, 9.17) is 0 Å². The highest BCUT2D eigenvalue weighted by Crippen LogP contribution is 2.22. The first-order valence-electron chi connectivity index (χ1n) is 8.60. The molecule has 8 heteroatoms. The fourth-order valence-corrected chi connectivity index (χ4v) is 5.21. The lowest BCUT2D eigenvalue weighted by molar-refractivity contribution is 0.0717. The largest absolute Gasteiger partial charge is 0.351 e. The number of hydrogen-bond acceptors (Lipinski definition) is 6. The van der Waals surface area contributed by atoms with E-state index in [1.165, 1.54) is 6.42 Å². The minimum Gasteiger partial charge on any atom is -0.351 e. The number of nitrogens with zero attached hydrogens (tertiary/aromatic N) is 4. The molecule has 132 valence electrons. The molecule has 7 nitrogen and oxygen atoms in total. The van der Waals surface area contributed by atoms with Gasteiger partial charge in [-0.05, 0) is 44.7 Å². The first-order valence-corrected chi connectivity index (χ1v) is 10.4. The lowest BCUT2D eigenvalue weighted by Gasteiger charge is -2.28. The van der Waals surface area contributed by atoms with E-state index in [-0.39, 0.29) is 23.5 Å². The van der Waals surface area contributed by atoms with E-state index < -0.39 is 9.84 Å². The maximum absolute atomic E-state index is 12.4. The average molecular weight is 352 g/mol. The van der Waals surface area contributed by atoms with E-state index in [1.54, 1.807) is 12.1 Å². The highest BCUT2D eigenvalue weighted by atomic mass is 32.2. The third kappa shape index (κ3) is 3.68. The van der Waals surface area contributed by atoms with Crippen LogP contribution in [0, 0.1) is 0 Å². The van der Waals surface area contributed by atoms with Crippen molar-refractivity contribution in [2.45, 2.75) is 38.6 Å². The Morgan fingerprint density at radius 3 is 2.54 bits per heavy atom. The molecule has 0 bridgehead atoms. The van der Waals surface area contributed by atoms with E-state index in [2.05, 4.69) is 10.2 Å². The number of hydrogen-bond donors (Lipinski definition) is 0. The van der Waals surface area contributed by atoms with Crippen LogP contribution in [0.5, 0.6) is 0 Å². The van der Waals surface area contributed by atoms with Gasteiger partial charge in [0.1, 0.15) is 0 Å². The van der Waals surface area contributed by atoms with Gasteiger partial charge in [0.15, 0.2) is 21.3 Å². The Labute approximate surface area is 143 Å². The van der Waals surface area contributed by atoms with Crippen LogP contribution in [0.2, 0.25) is 0 Å². The number of aromatic nitrogens is 2. The third-order valence-electron chi connectivity index (χ3n) is 4.80. The van der Waals surface area contributed by atoms with Crippen molar-refractivity contribution in [3.63, 3.8) is 0 Å². The molecule has 0 radical (unpaired) electrons. The number of rotatable bonds is 4. The van der Waals surface area contributed by atoms with Crippen molar-refractivity contribution >= 4 is 21.6 Å². The third-order valence-corrected chi connectivity index (χ3v) is 6.55. The highest BCUT2D eigenvalue weighted by molar-refractivity contribution is 7.91. The molecule has 0 N–H and O–H groups in total. The summed E-state index contributed by atoms with van der Waals surface area (Å²) in [7, 11) is -2.95. The molecule has 24 heavy (non-hydrogen) atoms. The molecule has 1 atom stereocenters. The SMILES string of the molecule is CCN(c1ccc(C(=O)N2CCCCC2)nn1)C1CCS(=O)(=O)C1. The summed E-state index contributed by atoms with van der Waals surface area (Å²) < 4.78 is 23.4. The van der Waals surface area contributed by atoms with Gasteiger partial charge >= 0.3 is 0 Å². The molecule has 0 aromatic carbocycles. The van der Waals surface area contributed by atoms with Crippen molar-refractivity contribution < 1.29 is 13.2 Å². The topological polar surface area (TPSA) is 83.5 Å². The smallest absolute Gasteiger partial charge is 0.274 e. The Kier molecular flexibility index (Phi) is 5.03. The van der Waals surface area contributed by atoms with Crippen LogP contribution in [0.4, 0.5) is 5.82 Å². The Morgan fingerprint density at radius 1 is 1.25 bits per heavy atom. The second-order valence-electron chi connectivity index (χ2n) is 6.47. The summed E-state index contributed by atoms with van der Waals surface area (Å²) in [5, 5.41) is 8.29. The van der Waals surface area contributed by atoms with Gasteiger partial charge in [0, 0.05) is 25.7 Å². The number of piperidine rings is 1. The molecule has 3 heterocycles. The van der Waals surface area contributed by atoms with Crippen LogP contribution in [0.25, 0.3) is 0 Å². The molecular weight excluding hydrogens is 328 g/mol. The molecule has 0 aliphatic carbocycles. The van der Waals surface area contributed by atoms with Crippen LogP contribution in [-0.4, -0.2) is 66.6 Å². The van der Waals surface area contributed by atoms with Crippen LogP contribution in [-0.2, 0) is 9.84 Å². The molecule has 1 unspecified atom stereocenters. The van der Waals surface area contributed by atoms with Gasteiger partial charge in [-0.15, -0.1) is 10.2 Å². The molecule has 1 aromatic rings. The van der Waals surface area contributed by atoms with Crippen molar-refractivity contribution in [1.29, 1.82) is 0 Å². The molecule has 2 fully saturated rings. The fourth-order valence-electron chi connectivity index (χ4n) is 3.48. The molecule has 2 aliphatic heterocycles. The summed E-state index contributed by atoms with van der Waals surface area (Å²) >= 11 is 0. The van der Waals surface area contributed by atoms with E-state index >= 15 is 0 Å². The number of carbonyl (C=O) groups excluding carboxylic acids is 1. The van der Waals surface area contributed by atoms with Crippen LogP contribution in [0.15, 0.2) is 12.1 Å². The van der Waals surface area contributed by atoms with E-state index in [9.17, 15) is 13.2 Å². The number of sulfone groups is 1. The van der Waals surface area contributed by atoms with E-state index in [0.29, 0.717) is 24.5 Å². The second kappa shape index (κ2) is 7.04. The maximum atomic E-state index is 12.4. The number of anilines is 1. The van der Waals surface area contributed by atoms with Gasteiger partial charge in [0.05, 0.1) is 11.5 Å². The van der Waals surface area contributed by atoms with Crippen LogP contribution < -0.4 is 4.90 Å². The zero-order valence-electron chi connectivity index (χ0n) is 14.0. The predicted molar refractivity (Wildman–Crippen MR) is 91.9 cm³/mol. The molecule has 0 saturated carbocycles. The highest BCUT2D eigenvalue weighted by Gasteiger charge is 2.32. The molecule has 2 saturated heterocycles. The maximum Gasteiger partial charge on any atom is 0.274 e. The van der Waals surface area contributed by atoms with Gasteiger partial charge in [0.25, 0.3) is 5.91 Å². The summed E-state index contributed by atoms with van der Waals surface area (Å²) in [4.78, 5) is 16.2. The van der Waals surface area contributed by atoms with Crippen molar-refractivity contribution in [3.05, 3.63) is 17.8 Å². The summed E-state index contributed by atoms with van der Waals surface area (Å²) in [6, 6.07) is 3.42. The Hall–Kier alpha value is -1.70. The molecule has 2 aliphatic rings. The van der Waals surface area contributed by atoms with Gasteiger partial charge in [-0.2, -0.15) is 0 Å². The summed E-state index contributed by atoms with van der Waals surface area (Å²) in [6.07, 6.45) is 3.87. The Balaban J connectivity index is 1.72. The average Bonchev–Trinajstić information content (AvgIpc) is 2.96. The zero-order chi connectivity index (χ0) is 17.2. The fraction of sp³-hybridized carbons (Fsp3) is 0.688. The van der Waals surface area contributed by atoms with Crippen LogP contribution in [0.3, 0.4) is 0 Å². The monoisotopic (exact) mass is 352 g/mol. The van der Waals surface area contributed by atoms with E-state index in [0.717, 1.165) is 25.9 Å². The summed E-state index contributed by atoms with van der Waals surface area (Å²) in [5.74, 6) is 0.958. The van der Waals surface area contributed by atoms with Gasteiger partial charge in [-0.1, -0.05) is 0 Å². The first kappa shape index (κ1) is 17.1. The molecule has 1 aromatic heterocycles. The van der Waals surface area contributed by atoms with E-state index in [1.807, 2.05) is 16.7 Å². The van der Waals surface area contributed by atoms with Crippen molar-refractivity contribution in [2.75, 3.05) is 36.0 Å². The lowest BCUT2D eigenvalue weighted by atomic mass is 10.1. The minimum atomic E-state index is -2.95. The van der Waals surface area contributed by atoms with Crippen LogP contribution >= 0.6 is 0 Å². The molecule has 3 rings (SSSR count). The molecular formula is C16H24N4O3S. The van der Waals surface area contributed by atoms with Crippen molar-refractivity contribution in [3.8, 4) is 0 Å². The lowest BCUT2D eigenvalue weighted by Crippen LogP contribution is -2.38. The van der Waals surface area contributed by atoms with Crippen molar-refractivity contribution in [2.24, 2.45) is 0 Å². The molecule has 1 amide bonds. The summed E-state index contributed by atoms with van der Waals surface area (Å²) in [6.45, 7) is 4.19. The minimum absolute atomic E-state index is 0.0575. The Morgan fingerprint density at radius 2 is 2.00 bits per heavy atom.